The molecule has 3 heterocycles. The van der Waals surface area contributed by atoms with Gasteiger partial charge in [-0.25, -0.2) is 0 Å². The Hall–Kier alpha value is -3.85. The van der Waals surface area contributed by atoms with Crippen LogP contribution in [0.1, 0.15) is 44.6 Å². The molecule has 1 aliphatic rings. The van der Waals surface area contributed by atoms with Crippen LogP contribution in [0.3, 0.4) is 0 Å². The van der Waals surface area contributed by atoms with Crippen LogP contribution < -0.4 is 10.2 Å². The molecule has 1 saturated heterocycles. The van der Waals surface area contributed by atoms with E-state index in [0.29, 0.717) is 35.1 Å². The number of anilines is 2. The lowest BCUT2D eigenvalue weighted by molar-refractivity contribution is -0.117. The number of nitrogens with one attached hydrogen (secondary N) is 1. The molecule has 4 aromatic rings. The SMILES string of the molecule is Cc1ccc(N2C[C@H](c3nnc(NC(=O)c4c(-c5ccccc5)noc4C)s3)CC2=O)cc1C. The molecule has 2 aromatic carbocycles. The number of aromatic nitrogens is 3. The Kier molecular flexibility index (Phi) is 5.70. The molecule has 1 N–H and O–H groups in total. The third-order valence-corrected chi connectivity index (χ3v) is 7.08. The van der Waals surface area contributed by atoms with Gasteiger partial charge in [-0.2, -0.15) is 0 Å². The van der Waals surface area contributed by atoms with E-state index in [1.807, 2.05) is 55.5 Å². The molecule has 9 heteroatoms. The molecule has 0 aliphatic carbocycles. The molecule has 0 spiro atoms. The van der Waals surface area contributed by atoms with Gasteiger partial charge in [-0.15, -0.1) is 10.2 Å². The number of hydrogen-bond donors (Lipinski definition) is 1. The van der Waals surface area contributed by atoms with Gasteiger partial charge in [0.15, 0.2) is 0 Å². The highest BCUT2D eigenvalue weighted by atomic mass is 32.1. The molecule has 0 bridgehead atoms. The van der Waals surface area contributed by atoms with Crippen LogP contribution in [0.15, 0.2) is 53.1 Å². The van der Waals surface area contributed by atoms with Crippen molar-refractivity contribution in [2.75, 3.05) is 16.8 Å². The Morgan fingerprint density at radius 2 is 1.88 bits per heavy atom. The van der Waals surface area contributed by atoms with Crippen LogP contribution in [0.5, 0.6) is 0 Å². The van der Waals surface area contributed by atoms with Crippen molar-refractivity contribution >= 4 is 34.0 Å². The number of rotatable bonds is 5. The van der Waals surface area contributed by atoms with Crippen LogP contribution >= 0.6 is 11.3 Å². The lowest BCUT2D eigenvalue weighted by Gasteiger charge is -2.17. The number of carbonyl (C=O) groups is 2. The summed E-state index contributed by atoms with van der Waals surface area (Å²) in [6.45, 7) is 6.32. The van der Waals surface area contributed by atoms with Crippen molar-refractivity contribution < 1.29 is 14.1 Å². The summed E-state index contributed by atoms with van der Waals surface area (Å²) in [6, 6.07) is 15.4. The zero-order chi connectivity index (χ0) is 23.8. The number of benzene rings is 2. The summed E-state index contributed by atoms with van der Waals surface area (Å²) in [5.41, 5.74) is 4.86. The minimum atomic E-state index is -0.362. The largest absolute Gasteiger partial charge is 0.360 e. The summed E-state index contributed by atoms with van der Waals surface area (Å²) >= 11 is 1.28. The van der Waals surface area contributed by atoms with Crippen molar-refractivity contribution in [3.05, 3.63) is 76.0 Å². The van der Waals surface area contributed by atoms with Gasteiger partial charge in [0.1, 0.15) is 22.0 Å². The van der Waals surface area contributed by atoms with Crippen molar-refractivity contribution in [3.63, 3.8) is 0 Å². The lowest BCUT2D eigenvalue weighted by atomic mass is 10.1. The minimum Gasteiger partial charge on any atom is -0.360 e. The molecule has 1 fully saturated rings. The maximum atomic E-state index is 13.0. The average Bonchev–Trinajstić information content (AvgIpc) is 3.55. The zero-order valence-electron chi connectivity index (χ0n) is 19.0. The standard InChI is InChI=1S/C25H23N5O3S/c1-14-9-10-19(11-15(14)2)30-13-18(12-20(30)31)24-27-28-25(34-24)26-23(32)21-16(3)33-29-22(21)17-7-5-4-6-8-17/h4-11,18H,12-13H2,1-3H3,(H,26,28,32)/t18-/m1/s1. The zero-order valence-corrected chi connectivity index (χ0v) is 19.8. The second-order valence-electron chi connectivity index (χ2n) is 8.40. The van der Waals surface area contributed by atoms with E-state index in [4.69, 9.17) is 4.52 Å². The summed E-state index contributed by atoms with van der Waals surface area (Å²) in [7, 11) is 0. The summed E-state index contributed by atoms with van der Waals surface area (Å²) < 4.78 is 5.29. The van der Waals surface area contributed by atoms with Crippen molar-refractivity contribution in [2.24, 2.45) is 0 Å². The first-order valence-electron chi connectivity index (χ1n) is 10.9. The molecule has 0 radical (unpaired) electrons. The highest BCUT2D eigenvalue weighted by Crippen LogP contribution is 2.35. The van der Waals surface area contributed by atoms with Crippen LogP contribution in [-0.2, 0) is 4.79 Å². The number of carbonyl (C=O) groups excluding carboxylic acids is 2. The fourth-order valence-electron chi connectivity index (χ4n) is 4.06. The van der Waals surface area contributed by atoms with E-state index >= 15 is 0 Å². The maximum absolute atomic E-state index is 13.0. The molecule has 34 heavy (non-hydrogen) atoms. The van der Waals surface area contributed by atoms with E-state index in [9.17, 15) is 9.59 Å². The lowest BCUT2D eigenvalue weighted by Crippen LogP contribution is -2.24. The topological polar surface area (TPSA) is 101 Å². The van der Waals surface area contributed by atoms with Gasteiger partial charge in [0.25, 0.3) is 5.91 Å². The van der Waals surface area contributed by atoms with Crippen LogP contribution in [-0.4, -0.2) is 33.7 Å². The van der Waals surface area contributed by atoms with Crippen molar-refractivity contribution in [2.45, 2.75) is 33.1 Å². The second kappa shape index (κ2) is 8.83. The van der Waals surface area contributed by atoms with Gasteiger partial charge < -0.3 is 9.42 Å². The Balaban J connectivity index is 1.32. The molecule has 2 amide bonds. The normalized spacial score (nSPS) is 15.7. The van der Waals surface area contributed by atoms with E-state index < -0.39 is 0 Å². The van der Waals surface area contributed by atoms with Crippen molar-refractivity contribution in [1.29, 1.82) is 0 Å². The maximum Gasteiger partial charge on any atom is 0.263 e. The first-order valence-corrected chi connectivity index (χ1v) is 11.8. The predicted molar refractivity (Wildman–Crippen MR) is 130 cm³/mol. The number of hydrogen-bond acceptors (Lipinski definition) is 7. The van der Waals surface area contributed by atoms with E-state index in [2.05, 4.69) is 27.6 Å². The first kappa shape index (κ1) is 22.0. The monoisotopic (exact) mass is 473 g/mol. The molecule has 1 atom stereocenters. The van der Waals surface area contributed by atoms with Gasteiger partial charge in [0.2, 0.25) is 11.0 Å². The van der Waals surface area contributed by atoms with Gasteiger partial charge in [0.05, 0.1) is 0 Å². The highest BCUT2D eigenvalue weighted by molar-refractivity contribution is 7.15. The van der Waals surface area contributed by atoms with Gasteiger partial charge >= 0.3 is 0 Å². The van der Waals surface area contributed by atoms with E-state index in [0.717, 1.165) is 21.8 Å². The van der Waals surface area contributed by atoms with Crippen LogP contribution in [0.25, 0.3) is 11.3 Å². The molecule has 1 aliphatic heterocycles. The third-order valence-electron chi connectivity index (χ3n) is 6.07. The average molecular weight is 474 g/mol. The quantitative estimate of drug-likeness (QED) is 0.443. The Bertz CT molecular complexity index is 1380. The molecule has 0 saturated carbocycles. The fraction of sp³-hybridized carbons (Fsp3) is 0.240. The van der Waals surface area contributed by atoms with E-state index in [1.165, 1.54) is 16.9 Å². The van der Waals surface area contributed by atoms with E-state index in [1.54, 1.807) is 11.8 Å². The summed E-state index contributed by atoms with van der Waals surface area (Å²) in [5, 5.41) is 16.4. The Morgan fingerprint density at radius 1 is 1.09 bits per heavy atom. The summed E-state index contributed by atoms with van der Waals surface area (Å²) in [6.07, 6.45) is 0.360. The molecular weight excluding hydrogens is 450 g/mol. The summed E-state index contributed by atoms with van der Waals surface area (Å²) in [5.74, 6) is 0.0437. The third kappa shape index (κ3) is 4.10. The van der Waals surface area contributed by atoms with E-state index in [-0.39, 0.29) is 17.7 Å². The van der Waals surface area contributed by atoms with Crippen molar-refractivity contribution in [3.8, 4) is 11.3 Å². The Labute approximate surface area is 200 Å². The molecule has 8 nitrogen and oxygen atoms in total. The van der Waals surface area contributed by atoms with Crippen molar-refractivity contribution in [1.82, 2.24) is 15.4 Å². The molecule has 5 rings (SSSR count). The number of aryl methyl sites for hydroxylation is 3. The number of amides is 2. The van der Waals surface area contributed by atoms with Gasteiger partial charge in [-0.05, 0) is 44.0 Å². The highest BCUT2D eigenvalue weighted by Gasteiger charge is 2.34. The van der Waals surface area contributed by atoms with Gasteiger partial charge in [0, 0.05) is 30.1 Å². The van der Waals surface area contributed by atoms with Crippen LogP contribution in [0, 0.1) is 20.8 Å². The van der Waals surface area contributed by atoms with Crippen LogP contribution in [0.4, 0.5) is 10.8 Å². The molecule has 2 aromatic heterocycles. The number of nitrogens with zero attached hydrogens (tertiary/aromatic N) is 4. The molecular formula is C25H23N5O3S. The molecule has 0 unspecified atom stereocenters. The minimum absolute atomic E-state index is 0.0571. The smallest absolute Gasteiger partial charge is 0.263 e. The van der Waals surface area contributed by atoms with Crippen LogP contribution in [0.2, 0.25) is 0 Å². The fourth-order valence-corrected chi connectivity index (χ4v) is 4.89. The predicted octanol–water partition coefficient (Wildman–Crippen LogP) is 4.89. The summed E-state index contributed by atoms with van der Waals surface area (Å²) in [4.78, 5) is 27.5. The Morgan fingerprint density at radius 3 is 2.65 bits per heavy atom. The second-order valence-corrected chi connectivity index (χ2v) is 9.41. The first-order chi connectivity index (χ1) is 16.4. The molecule has 172 valence electrons. The van der Waals surface area contributed by atoms with Gasteiger partial charge in [-0.1, -0.05) is 52.9 Å². The van der Waals surface area contributed by atoms with Gasteiger partial charge in [-0.3, -0.25) is 14.9 Å².